The predicted octanol–water partition coefficient (Wildman–Crippen LogP) is 2.20. The number of nitrogens with one attached hydrogen (secondary N) is 1. The standard InChI is InChI=1S/C14H26N2O/c1-10-4-3-7-14(15,9-10)13(17)16-11(2)8-12-5-6-12/h10-12H,3-9,15H2,1-2H3,(H,16,17). The molecule has 17 heavy (non-hydrogen) atoms. The summed E-state index contributed by atoms with van der Waals surface area (Å²) in [6, 6.07) is 0.285. The van der Waals surface area contributed by atoms with Gasteiger partial charge in [-0.15, -0.1) is 0 Å². The Labute approximate surface area is 105 Å². The minimum absolute atomic E-state index is 0.0807. The molecule has 2 rings (SSSR count). The van der Waals surface area contributed by atoms with Crippen LogP contribution in [0.5, 0.6) is 0 Å². The van der Waals surface area contributed by atoms with Crippen molar-refractivity contribution in [2.75, 3.05) is 0 Å². The first-order valence-electron chi connectivity index (χ1n) is 7.09. The van der Waals surface area contributed by atoms with E-state index in [2.05, 4.69) is 19.2 Å². The second kappa shape index (κ2) is 4.97. The van der Waals surface area contributed by atoms with Gasteiger partial charge in [0, 0.05) is 6.04 Å². The van der Waals surface area contributed by atoms with Gasteiger partial charge in [0.1, 0.15) is 0 Å². The van der Waals surface area contributed by atoms with Crippen molar-refractivity contribution in [1.82, 2.24) is 5.32 Å². The van der Waals surface area contributed by atoms with E-state index >= 15 is 0 Å². The summed E-state index contributed by atoms with van der Waals surface area (Å²) in [5.74, 6) is 1.51. The van der Waals surface area contributed by atoms with Gasteiger partial charge in [-0.25, -0.2) is 0 Å². The van der Waals surface area contributed by atoms with Crippen LogP contribution in [0.1, 0.15) is 58.8 Å². The van der Waals surface area contributed by atoms with Gasteiger partial charge in [-0.1, -0.05) is 32.6 Å². The van der Waals surface area contributed by atoms with Gasteiger partial charge in [0.15, 0.2) is 0 Å². The number of carbonyl (C=O) groups is 1. The highest BCUT2D eigenvalue weighted by atomic mass is 16.2. The summed E-state index contributed by atoms with van der Waals surface area (Å²) < 4.78 is 0. The molecule has 3 heteroatoms. The summed E-state index contributed by atoms with van der Waals surface area (Å²) in [5, 5.41) is 3.12. The maximum Gasteiger partial charge on any atom is 0.240 e. The van der Waals surface area contributed by atoms with Crippen LogP contribution >= 0.6 is 0 Å². The Balaban J connectivity index is 1.84. The molecule has 3 N–H and O–H groups in total. The zero-order valence-electron chi connectivity index (χ0n) is 11.2. The molecule has 3 nitrogen and oxygen atoms in total. The van der Waals surface area contributed by atoms with E-state index in [0.29, 0.717) is 5.92 Å². The number of amides is 1. The molecule has 3 unspecified atom stereocenters. The lowest BCUT2D eigenvalue weighted by Crippen LogP contribution is -2.57. The molecule has 2 fully saturated rings. The Kier molecular flexibility index (Phi) is 3.76. The van der Waals surface area contributed by atoms with Gasteiger partial charge in [-0.2, -0.15) is 0 Å². The SMILES string of the molecule is CC1CCCC(N)(C(=O)NC(C)CC2CC2)C1. The van der Waals surface area contributed by atoms with Gasteiger partial charge in [0.2, 0.25) is 5.91 Å². The third-order valence-corrected chi connectivity index (χ3v) is 4.25. The van der Waals surface area contributed by atoms with E-state index in [0.717, 1.165) is 31.6 Å². The maximum atomic E-state index is 12.2. The molecular formula is C14H26N2O. The van der Waals surface area contributed by atoms with Crippen molar-refractivity contribution in [2.24, 2.45) is 17.6 Å². The molecule has 2 aliphatic carbocycles. The molecule has 3 atom stereocenters. The van der Waals surface area contributed by atoms with Gasteiger partial charge < -0.3 is 11.1 Å². The zero-order valence-corrected chi connectivity index (χ0v) is 11.2. The van der Waals surface area contributed by atoms with Crippen LogP contribution in [0.2, 0.25) is 0 Å². The minimum atomic E-state index is -0.602. The average molecular weight is 238 g/mol. The van der Waals surface area contributed by atoms with Crippen molar-refractivity contribution in [3.05, 3.63) is 0 Å². The first-order valence-corrected chi connectivity index (χ1v) is 7.09. The molecule has 1 amide bonds. The fourth-order valence-electron chi connectivity index (χ4n) is 3.08. The summed E-state index contributed by atoms with van der Waals surface area (Å²) in [4.78, 5) is 12.2. The molecule has 0 aromatic heterocycles. The third kappa shape index (κ3) is 3.44. The van der Waals surface area contributed by atoms with Gasteiger partial charge >= 0.3 is 0 Å². The van der Waals surface area contributed by atoms with E-state index in [4.69, 9.17) is 5.73 Å². The molecule has 0 heterocycles. The van der Waals surface area contributed by atoms with E-state index < -0.39 is 5.54 Å². The van der Waals surface area contributed by atoms with E-state index in [1.54, 1.807) is 0 Å². The van der Waals surface area contributed by atoms with Crippen LogP contribution in [0.25, 0.3) is 0 Å². The molecule has 0 aliphatic heterocycles. The highest BCUT2D eigenvalue weighted by Gasteiger charge is 2.38. The lowest BCUT2D eigenvalue weighted by molar-refractivity contribution is -0.128. The van der Waals surface area contributed by atoms with Crippen LogP contribution < -0.4 is 11.1 Å². The van der Waals surface area contributed by atoms with Crippen molar-refractivity contribution >= 4 is 5.91 Å². The maximum absolute atomic E-state index is 12.2. The van der Waals surface area contributed by atoms with E-state index in [1.807, 2.05) is 0 Å². The smallest absolute Gasteiger partial charge is 0.240 e. The number of rotatable bonds is 4. The zero-order chi connectivity index (χ0) is 12.5. The largest absolute Gasteiger partial charge is 0.352 e. The Morgan fingerprint density at radius 2 is 2.18 bits per heavy atom. The van der Waals surface area contributed by atoms with Crippen LogP contribution in [0, 0.1) is 11.8 Å². The Morgan fingerprint density at radius 3 is 2.76 bits per heavy atom. The summed E-state index contributed by atoms with van der Waals surface area (Å²) in [7, 11) is 0. The molecule has 0 aromatic carbocycles. The summed E-state index contributed by atoms with van der Waals surface area (Å²) in [6.45, 7) is 4.30. The first kappa shape index (κ1) is 12.9. The predicted molar refractivity (Wildman–Crippen MR) is 69.5 cm³/mol. The van der Waals surface area contributed by atoms with Crippen LogP contribution in [0.3, 0.4) is 0 Å². The Hall–Kier alpha value is -0.570. The fourth-order valence-corrected chi connectivity index (χ4v) is 3.08. The monoisotopic (exact) mass is 238 g/mol. The van der Waals surface area contributed by atoms with Crippen LogP contribution in [-0.4, -0.2) is 17.5 Å². The second-order valence-corrected chi connectivity index (χ2v) is 6.41. The third-order valence-electron chi connectivity index (χ3n) is 4.25. The number of hydrogen-bond acceptors (Lipinski definition) is 2. The normalized spacial score (nSPS) is 35.4. The average Bonchev–Trinajstić information content (AvgIpc) is 3.00. The van der Waals surface area contributed by atoms with E-state index in [9.17, 15) is 4.79 Å². The van der Waals surface area contributed by atoms with Gasteiger partial charge in [-0.3, -0.25) is 4.79 Å². The molecule has 2 saturated carbocycles. The number of carbonyl (C=O) groups excluding carboxylic acids is 1. The van der Waals surface area contributed by atoms with E-state index in [-0.39, 0.29) is 11.9 Å². The number of nitrogens with two attached hydrogens (primary N) is 1. The molecule has 2 aliphatic rings. The Bertz CT molecular complexity index is 288. The van der Waals surface area contributed by atoms with Crippen molar-refractivity contribution < 1.29 is 4.79 Å². The minimum Gasteiger partial charge on any atom is -0.352 e. The number of hydrogen-bond donors (Lipinski definition) is 2. The van der Waals surface area contributed by atoms with Crippen LogP contribution in [0.15, 0.2) is 0 Å². The van der Waals surface area contributed by atoms with Crippen LogP contribution in [0.4, 0.5) is 0 Å². The lowest BCUT2D eigenvalue weighted by atomic mass is 9.76. The molecule has 0 spiro atoms. The molecule has 0 aromatic rings. The lowest BCUT2D eigenvalue weighted by Gasteiger charge is -2.36. The highest BCUT2D eigenvalue weighted by Crippen LogP contribution is 2.34. The van der Waals surface area contributed by atoms with Gasteiger partial charge in [0.05, 0.1) is 5.54 Å². The topological polar surface area (TPSA) is 55.1 Å². The fraction of sp³-hybridized carbons (Fsp3) is 0.929. The Morgan fingerprint density at radius 1 is 1.47 bits per heavy atom. The first-order chi connectivity index (χ1) is 7.99. The molecular weight excluding hydrogens is 212 g/mol. The summed E-state index contributed by atoms with van der Waals surface area (Å²) >= 11 is 0. The quantitative estimate of drug-likeness (QED) is 0.789. The molecule has 0 bridgehead atoms. The summed E-state index contributed by atoms with van der Waals surface area (Å²) in [6.07, 6.45) is 7.79. The van der Waals surface area contributed by atoms with Crippen molar-refractivity contribution in [3.8, 4) is 0 Å². The molecule has 0 radical (unpaired) electrons. The highest BCUT2D eigenvalue weighted by molar-refractivity contribution is 5.86. The second-order valence-electron chi connectivity index (χ2n) is 6.41. The van der Waals surface area contributed by atoms with E-state index in [1.165, 1.54) is 19.3 Å². The molecule has 98 valence electrons. The van der Waals surface area contributed by atoms with Crippen molar-refractivity contribution in [2.45, 2.75) is 70.4 Å². The summed E-state index contributed by atoms with van der Waals surface area (Å²) in [5.41, 5.74) is 5.67. The van der Waals surface area contributed by atoms with Gasteiger partial charge in [0.25, 0.3) is 0 Å². The van der Waals surface area contributed by atoms with Gasteiger partial charge in [-0.05, 0) is 38.0 Å². The van der Waals surface area contributed by atoms with Crippen molar-refractivity contribution in [1.29, 1.82) is 0 Å². The molecule has 0 saturated heterocycles. The van der Waals surface area contributed by atoms with Crippen LogP contribution in [-0.2, 0) is 4.79 Å². The van der Waals surface area contributed by atoms with Crippen molar-refractivity contribution in [3.63, 3.8) is 0 Å².